The first-order chi connectivity index (χ1) is 21.0. The Morgan fingerprint density at radius 1 is 1.14 bits per heavy atom. The molecule has 3 heterocycles. The van der Waals surface area contributed by atoms with Gasteiger partial charge in [-0.15, -0.1) is 0 Å². The van der Waals surface area contributed by atoms with Crippen LogP contribution in [0.2, 0.25) is 0 Å². The van der Waals surface area contributed by atoms with Crippen LogP contribution < -0.4 is 14.5 Å². The number of anilines is 2. The van der Waals surface area contributed by atoms with E-state index in [-0.39, 0.29) is 18.5 Å². The summed E-state index contributed by atoms with van der Waals surface area (Å²) in [5.41, 5.74) is 4.64. The maximum absolute atomic E-state index is 12.6. The van der Waals surface area contributed by atoms with Crippen LogP contribution >= 0.6 is 0 Å². The van der Waals surface area contributed by atoms with E-state index >= 15 is 0 Å². The van der Waals surface area contributed by atoms with Crippen molar-refractivity contribution in [2.75, 3.05) is 49.1 Å². The fraction of sp³-hybridized carbons (Fsp3) is 0.486. The number of hydrogen-bond acceptors (Lipinski definition) is 6. The summed E-state index contributed by atoms with van der Waals surface area (Å²) in [4.78, 5) is 32.7. The first-order valence-corrected chi connectivity index (χ1v) is 15.7. The van der Waals surface area contributed by atoms with Gasteiger partial charge in [0.05, 0.1) is 18.8 Å². The standard InChI is InChI=1S/C35H42N6O2/c1-5-32(42)41-19-18-40(21-28(41)20-36-4)34-29-16-17-39(31-15-9-14-27-13-8-10-24(2)33(27)31)22-30(29)37-35(38-34)43-23-25(3)26-11-6-7-12-26/h5,8-10,13-15,25-26,28H,1,6-7,11-12,16-23H2,2-3H3/t25?,28-/m0/s1. The molecule has 3 aliphatic rings. The van der Waals surface area contributed by atoms with E-state index in [1.807, 2.05) is 0 Å². The van der Waals surface area contributed by atoms with Gasteiger partial charge < -0.3 is 24.3 Å². The monoisotopic (exact) mass is 578 g/mol. The molecule has 1 unspecified atom stereocenters. The molecule has 3 aromatic rings. The second-order valence-corrected chi connectivity index (χ2v) is 12.4. The van der Waals surface area contributed by atoms with Crippen LogP contribution in [0.15, 0.2) is 49.1 Å². The molecule has 2 atom stereocenters. The van der Waals surface area contributed by atoms with Crippen molar-refractivity contribution in [3.63, 3.8) is 0 Å². The highest BCUT2D eigenvalue weighted by atomic mass is 16.5. The van der Waals surface area contributed by atoms with E-state index in [9.17, 15) is 4.79 Å². The van der Waals surface area contributed by atoms with E-state index in [4.69, 9.17) is 21.3 Å². The minimum atomic E-state index is -0.215. The third-order valence-electron chi connectivity index (χ3n) is 9.68. The van der Waals surface area contributed by atoms with Crippen LogP contribution in [0.1, 0.15) is 49.4 Å². The van der Waals surface area contributed by atoms with Crippen molar-refractivity contribution in [2.45, 2.75) is 58.5 Å². The minimum absolute atomic E-state index is 0.121. The Kier molecular flexibility index (Phi) is 8.51. The summed E-state index contributed by atoms with van der Waals surface area (Å²) in [6.45, 7) is 19.8. The van der Waals surface area contributed by atoms with E-state index < -0.39 is 0 Å². The quantitative estimate of drug-likeness (QED) is 0.248. The van der Waals surface area contributed by atoms with Gasteiger partial charge in [-0.1, -0.05) is 69.5 Å². The summed E-state index contributed by atoms with van der Waals surface area (Å²) in [5, 5.41) is 2.53. The summed E-state index contributed by atoms with van der Waals surface area (Å²) in [6.07, 6.45) is 7.33. The zero-order valence-corrected chi connectivity index (χ0v) is 25.5. The second kappa shape index (κ2) is 12.6. The highest BCUT2D eigenvalue weighted by molar-refractivity contribution is 5.97. The van der Waals surface area contributed by atoms with Gasteiger partial charge in [0.2, 0.25) is 12.5 Å². The Balaban J connectivity index is 1.33. The van der Waals surface area contributed by atoms with Gasteiger partial charge in [-0.2, -0.15) is 9.97 Å². The van der Waals surface area contributed by atoms with Gasteiger partial charge in [0, 0.05) is 42.8 Å². The molecular formula is C35H42N6O2. The molecule has 1 aromatic heterocycles. The van der Waals surface area contributed by atoms with Gasteiger partial charge in [0.25, 0.3) is 0 Å². The first-order valence-electron chi connectivity index (χ1n) is 15.7. The van der Waals surface area contributed by atoms with Crippen molar-refractivity contribution in [2.24, 2.45) is 11.8 Å². The number of carbonyl (C=O) groups excluding carboxylic acids is 1. The number of piperazine rings is 1. The maximum atomic E-state index is 12.6. The van der Waals surface area contributed by atoms with Gasteiger partial charge in [0.15, 0.2) is 0 Å². The van der Waals surface area contributed by atoms with Crippen molar-refractivity contribution < 1.29 is 9.53 Å². The third kappa shape index (κ3) is 5.90. The molecule has 6 rings (SSSR count). The number of hydrogen-bond donors (Lipinski definition) is 0. The van der Waals surface area contributed by atoms with Crippen LogP contribution in [0.25, 0.3) is 15.6 Å². The number of ether oxygens (including phenoxy) is 1. The van der Waals surface area contributed by atoms with Crippen molar-refractivity contribution in [1.29, 1.82) is 0 Å². The molecule has 1 amide bonds. The Morgan fingerprint density at radius 2 is 1.93 bits per heavy atom. The summed E-state index contributed by atoms with van der Waals surface area (Å²) >= 11 is 0. The average molecular weight is 579 g/mol. The second-order valence-electron chi connectivity index (χ2n) is 12.4. The van der Waals surface area contributed by atoms with Gasteiger partial charge in [-0.3, -0.25) is 4.79 Å². The molecule has 1 saturated carbocycles. The van der Waals surface area contributed by atoms with Crippen LogP contribution in [-0.4, -0.2) is 66.1 Å². The van der Waals surface area contributed by atoms with E-state index in [2.05, 4.69) is 71.5 Å². The highest BCUT2D eigenvalue weighted by Crippen LogP contribution is 2.36. The molecule has 0 spiro atoms. The largest absolute Gasteiger partial charge is 0.463 e. The van der Waals surface area contributed by atoms with Crippen LogP contribution in [0.5, 0.6) is 6.01 Å². The van der Waals surface area contributed by atoms with Crippen molar-refractivity contribution in [1.82, 2.24) is 14.9 Å². The van der Waals surface area contributed by atoms with Crippen molar-refractivity contribution in [3.05, 3.63) is 77.3 Å². The zero-order valence-electron chi connectivity index (χ0n) is 25.5. The third-order valence-corrected chi connectivity index (χ3v) is 9.68. The maximum Gasteiger partial charge on any atom is 0.318 e. The molecule has 0 N–H and O–H groups in total. The fourth-order valence-electron chi connectivity index (χ4n) is 7.27. The Morgan fingerprint density at radius 3 is 2.70 bits per heavy atom. The molecular weight excluding hydrogens is 536 g/mol. The normalized spacial score (nSPS) is 19.7. The molecule has 2 aromatic carbocycles. The molecule has 2 aliphatic heterocycles. The van der Waals surface area contributed by atoms with Gasteiger partial charge in [-0.25, -0.2) is 6.57 Å². The predicted octanol–water partition coefficient (Wildman–Crippen LogP) is 5.83. The summed E-state index contributed by atoms with van der Waals surface area (Å²) in [6, 6.07) is 13.2. The lowest BCUT2D eigenvalue weighted by Crippen LogP contribution is -2.56. The number of nitrogens with zero attached hydrogens (tertiary/aromatic N) is 6. The Hall–Kier alpha value is -4.12. The summed E-state index contributed by atoms with van der Waals surface area (Å²) in [7, 11) is 0. The molecule has 0 bridgehead atoms. The smallest absolute Gasteiger partial charge is 0.318 e. The number of carbonyl (C=O) groups is 1. The topological polar surface area (TPSA) is 66.2 Å². The van der Waals surface area contributed by atoms with Crippen LogP contribution in [0.4, 0.5) is 11.5 Å². The van der Waals surface area contributed by atoms with E-state index in [1.165, 1.54) is 53.8 Å². The van der Waals surface area contributed by atoms with Crippen LogP contribution in [0.3, 0.4) is 0 Å². The summed E-state index contributed by atoms with van der Waals surface area (Å²) < 4.78 is 6.37. The van der Waals surface area contributed by atoms with E-state index in [0.717, 1.165) is 30.0 Å². The number of aryl methyl sites for hydroxylation is 1. The lowest BCUT2D eigenvalue weighted by atomic mass is 9.93. The fourth-order valence-corrected chi connectivity index (χ4v) is 7.27. The van der Waals surface area contributed by atoms with Crippen molar-refractivity contribution in [3.8, 4) is 6.01 Å². The van der Waals surface area contributed by atoms with Crippen LogP contribution in [-0.2, 0) is 17.8 Å². The molecule has 224 valence electrons. The minimum Gasteiger partial charge on any atom is -0.463 e. The van der Waals surface area contributed by atoms with E-state index in [1.54, 1.807) is 4.90 Å². The lowest BCUT2D eigenvalue weighted by molar-refractivity contribution is -0.128. The number of benzene rings is 2. The van der Waals surface area contributed by atoms with Gasteiger partial charge in [-0.05, 0) is 48.3 Å². The molecule has 43 heavy (non-hydrogen) atoms. The molecule has 1 aliphatic carbocycles. The van der Waals surface area contributed by atoms with Crippen LogP contribution in [0, 0.1) is 25.3 Å². The molecule has 0 radical (unpaired) electrons. The van der Waals surface area contributed by atoms with Gasteiger partial charge >= 0.3 is 6.01 Å². The molecule has 2 fully saturated rings. The molecule has 8 nitrogen and oxygen atoms in total. The average Bonchev–Trinajstić information content (AvgIpc) is 3.58. The van der Waals surface area contributed by atoms with Crippen molar-refractivity contribution >= 4 is 28.2 Å². The van der Waals surface area contributed by atoms with Gasteiger partial charge in [0.1, 0.15) is 11.9 Å². The molecule has 8 heteroatoms. The number of rotatable bonds is 8. The Labute approximate surface area is 255 Å². The molecule has 1 saturated heterocycles. The Bertz CT molecular complexity index is 1540. The number of fused-ring (bicyclic) bond motifs is 2. The lowest BCUT2D eigenvalue weighted by Gasteiger charge is -2.41. The first kappa shape index (κ1) is 29.0. The SMILES string of the molecule is [C-]#[N+]C[C@H]1CN(c2nc(OCC(C)C3CCCC3)nc3c2CCN(c2cccc4cccc(C)c24)C3)CCN1C(=O)C=C. The zero-order chi connectivity index (χ0) is 29.9. The van der Waals surface area contributed by atoms with E-state index in [0.29, 0.717) is 50.6 Å². The summed E-state index contributed by atoms with van der Waals surface area (Å²) in [5.74, 6) is 1.93. The number of aromatic nitrogens is 2. The predicted molar refractivity (Wildman–Crippen MR) is 171 cm³/mol. The highest BCUT2D eigenvalue weighted by Gasteiger charge is 2.35. The number of amides is 1.